The molecule has 0 saturated heterocycles. The van der Waals surface area contributed by atoms with E-state index in [9.17, 15) is 14.9 Å². The molecule has 0 atom stereocenters. The summed E-state index contributed by atoms with van der Waals surface area (Å²) in [6.07, 6.45) is 3.29. The highest BCUT2D eigenvalue weighted by Gasteiger charge is 2.16. The first-order chi connectivity index (χ1) is 13.9. The van der Waals surface area contributed by atoms with Crippen molar-refractivity contribution in [2.75, 3.05) is 5.32 Å². The van der Waals surface area contributed by atoms with Crippen LogP contribution in [-0.4, -0.2) is 20.8 Å². The average molecular weight is 474 g/mol. The Morgan fingerprint density at radius 3 is 2.72 bits per heavy atom. The van der Waals surface area contributed by atoms with E-state index in [1.165, 1.54) is 12.1 Å². The zero-order chi connectivity index (χ0) is 20.5. The zero-order valence-electron chi connectivity index (χ0n) is 14.4. The topological polar surface area (TPSA) is 111 Å². The van der Waals surface area contributed by atoms with Crippen LogP contribution in [0.15, 0.2) is 63.7 Å². The van der Waals surface area contributed by atoms with Gasteiger partial charge in [-0.15, -0.1) is 0 Å². The molecule has 0 spiro atoms. The number of halogens is 2. The fourth-order valence-electron chi connectivity index (χ4n) is 2.66. The number of hydrogen-bond donors (Lipinski definition) is 1. The van der Waals surface area contributed by atoms with Crippen LogP contribution in [-0.2, 0) is 0 Å². The Labute approximate surface area is 176 Å². The average Bonchev–Trinajstić information content (AvgIpc) is 3.11. The molecule has 4 aromatic rings. The molecule has 0 radical (unpaired) electrons. The monoisotopic (exact) mass is 472 g/mol. The number of carbonyl (C=O) groups is 1. The third-order valence-electron chi connectivity index (χ3n) is 4.01. The summed E-state index contributed by atoms with van der Waals surface area (Å²) < 4.78 is 6.54. The number of aromatic nitrogens is 2. The number of nitro groups is 1. The molecule has 0 fully saturated rings. The molecule has 0 bridgehead atoms. The molecule has 4 rings (SSSR count). The number of nitrogens with zero attached hydrogens (tertiary/aromatic N) is 3. The summed E-state index contributed by atoms with van der Waals surface area (Å²) in [7, 11) is 0. The Hall–Kier alpha value is -3.30. The fraction of sp³-hybridized carbons (Fsp3) is 0. The van der Waals surface area contributed by atoms with Crippen molar-refractivity contribution in [2.45, 2.75) is 0 Å². The highest BCUT2D eigenvalue weighted by molar-refractivity contribution is 9.10. The van der Waals surface area contributed by atoms with Crippen molar-refractivity contribution in [1.29, 1.82) is 0 Å². The summed E-state index contributed by atoms with van der Waals surface area (Å²) in [6, 6.07) is 10.5. The van der Waals surface area contributed by atoms with Crippen molar-refractivity contribution in [1.82, 2.24) is 9.97 Å². The fourth-order valence-corrected chi connectivity index (χ4v) is 3.28. The SMILES string of the molecule is O=C(Nc1ccc2oc(-c3cncc(Br)c3)nc2c1)c1ccc([N+](=O)[O-])cc1Cl. The number of oxazole rings is 1. The first-order valence-corrected chi connectivity index (χ1v) is 9.34. The molecule has 0 unspecified atom stereocenters. The Kier molecular flexibility index (Phi) is 4.99. The van der Waals surface area contributed by atoms with Crippen LogP contribution in [0.5, 0.6) is 0 Å². The lowest BCUT2D eigenvalue weighted by atomic mass is 10.2. The number of nitro benzene ring substituents is 1. The number of pyridine rings is 1. The molecule has 0 aliphatic rings. The van der Waals surface area contributed by atoms with Gasteiger partial charge in [-0.3, -0.25) is 19.9 Å². The molecule has 2 heterocycles. The first kappa shape index (κ1) is 19.0. The molecule has 0 saturated carbocycles. The van der Waals surface area contributed by atoms with Gasteiger partial charge in [0.1, 0.15) is 5.52 Å². The van der Waals surface area contributed by atoms with Crippen molar-refractivity contribution < 1.29 is 14.1 Å². The lowest BCUT2D eigenvalue weighted by molar-refractivity contribution is -0.384. The standard InChI is InChI=1S/C19H10BrClN4O4/c20-11-5-10(8-22-9-11)19-24-16-6-12(1-4-17(16)29-19)23-18(26)14-3-2-13(25(27)28)7-15(14)21/h1-9H,(H,23,26). The molecule has 2 aromatic carbocycles. The quantitative estimate of drug-likeness (QED) is 0.311. The first-order valence-electron chi connectivity index (χ1n) is 8.17. The second-order valence-corrected chi connectivity index (χ2v) is 7.29. The lowest BCUT2D eigenvalue weighted by Crippen LogP contribution is -2.12. The molecule has 1 N–H and O–H groups in total. The lowest BCUT2D eigenvalue weighted by Gasteiger charge is -2.06. The van der Waals surface area contributed by atoms with Gasteiger partial charge in [0, 0.05) is 34.7 Å². The minimum absolute atomic E-state index is 0.0105. The van der Waals surface area contributed by atoms with Gasteiger partial charge in [0.15, 0.2) is 5.58 Å². The number of rotatable bonds is 4. The van der Waals surface area contributed by atoms with Crippen LogP contribution < -0.4 is 5.32 Å². The number of non-ortho nitro benzene ring substituents is 1. The summed E-state index contributed by atoms with van der Waals surface area (Å²) >= 11 is 9.37. The molecule has 10 heteroatoms. The minimum atomic E-state index is -0.579. The molecule has 2 aromatic heterocycles. The second kappa shape index (κ2) is 7.61. The third-order valence-corrected chi connectivity index (χ3v) is 4.75. The largest absolute Gasteiger partial charge is 0.436 e. The van der Waals surface area contributed by atoms with Gasteiger partial charge in [0.2, 0.25) is 5.89 Å². The maximum atomic E-state index is 12.5. The minimum Gasteiger partial charge on any atom is -0.436 e. The van der Waals surface area contributed by atoms with E-state index >= 15 is 0 Å². The van der Waals surface area contributed by atoms with E-state index in [4.69, 9.17) is 16.0 Å². The molecular formula is C19H10BrClN4O4. The Morgan fingerprint density at radius 1 is 1.17 bits per heavy atom. The molecule has 144 valence electrons. The molecule has 0 aliphatic carbocycles. The number of fused-ring (bicyclic) bond motifs is 1. The molecule has 1 amide bonds. The van der Waals surface area contributed by atoms with Gasteiger partial charge in [0.05, 0.1) is 21.1 Å². The third kappa shape index (κ3) is 3.96. The van der Waals surface area contributed by atoms with E-state index < -0.39 is 10.8 Å². The van der Waals surface area contributed by atoms with E-state index in [-0.39, 0.29) is 16.3 Å². The summed E-state index contributed by atoms with van der Waals surface area (Å²) in [4.78, 5) is 31.2. The molecule has 29 heavy (non-hydrogen) atoms. The number of anilines is 1. The number of hydrogen-bond acceptors (Lipinski definition) is 6. The van der Waals surface area contributed by atoms with Crippen LogP contribution in [0.1, 0.15) is 10.4 Å². The Bertz CT molecular complexity index is 1270. The van der Waals surface area contributed by atoms with Gasteiger partial charge in [0.25, 0.3) is 11.6 Å². The summed E-state index contributed by atoms with van der Waals surface area (Å²) in [5, 5.41) is 13.5. The molecule has 8 nitrogen and oxygen atoms in total. The normalized spacial score (nSPS) is 10.8. The highest BCUT2D eigenvalue weighted by atomic mass is 79.9. The summed E-state index contributed by atoms with van der Waals surface area (Å²) in [5.74, 6) is -0.0974. The smallest absolute Gasteiger partial charge is 0.270 e. The van der Waals surface area contributed by atoms with Gasteiger partial charge >= 0.3 is 0 Å². The van der Waals surface area contributed by atoms with Crippen LogP contribution >= 0.6 is 27.5 Å². The number of nitrogens with one attached hydrogen (secondary N) is 1. The molecular weight excluding hydrogens is 464 g/mol. The van der Waals surface area contributed by atoms with Crippen LogP contribution in [0.3, 0.4) is 0 Å². The van der Waals surface area contributed by atoms with Crippen LogP contribution in [0.4, 0.5) is 11.4 Å². The van der Waals surface area contributed by atoms with E-state index in [0.717, 1.165) is 10.5 Å². The number of benzene rings is 2. The van der Waals surface area contributed by atoms with Crippen LogP contribution in [0, 0.1) is 10.1 Å². The van der Waals surface area contributed by atoms with Crippen molar-refractivity contribution in [3.8, 4) is 11.5 Å². The van der Waals surface area contributed by atoms with E-state index in [1.54, 1.807) is 30.6 Å². The van der Waals surface area contributed by atoms with E-state index in [1.807, 2.05) is 6.07 Å². The van der Waals surface area contributed by atoms with Crippen LogP contribution in [0.25, 0.3) is 22.6 Å². The zero-order valence-corrected chi connectivity index (χ0v) is 16.8. The predicted molar refractivity (Wildman–Crippen MR) is 111 cm³/mol. The van der Waals surface area contributed by atoms with Gasteiger partial charge in [-0.1, -0.05) is 11.6 Å². The Morgan fingerprint density at radius 2 is 2.00 bits per heavy atom. The van der Waals surface area contributed by atoms with Gasteiger partial charge in [-0.05, 0) is 46.3 Å². The van der Waals surface area contributed by atoms with Crippen molar-refractivity contribution in [3.63, 3.8) is 0 Å². The highest BCUT2D eigenvalue weighted by Crippen LogP contribution is 2.28. The summed E-state index contributed by atoms with van der Waals surface area (Å²) in [5.41, 5.74) is 2.21. The van der Waals surface area contributed by atoms with Crippen molar-refractivity contribution in [2.24, 2.45) is 0 Å². The van der Waals surface area contributed by atoms with Gasteiger partial charge in [-0.2, -0.15) is 0 Å². The van der Waals surface area contributed by atoms with Crippen molar-refractivity contribution >= 4 is 55.9 Å². The van der Waals surface area contributed by atoms with E-state index in [0.29, 0.717) is 28.2 Å². The predicted octanol–water partition coefficient (Wildman–Crippen LogP) is 5.47. The number of amides is 1. The van der Waals surface area contributed by atoms with Crippen LogP contribution in [0.2, 0.25) is 5.02 Å². The molecule has 0 aliphatic heterocycles. The summed E-state index contributed by atoms with van der Waals surface area (Å²) in [6.45, 7) is 0. The Balaban J connectivity index is 1.60. The van der Waals surface area contributed by atoms with E-state index in [2.05, 4.69) is 31.2 Å². The number of carbonyl (C=O) groups excluding carboxylic acids is 1. The van der Waals surface area contributed by atoms with Gasteiger partial charge in [-0.25, -0.2) is 4.98 Å². The maximum Gasteiger partial charge on any atom is 0.270 e. The van der Waals surface area contributed by atoms with Crippen molar-refractivity contribution in [3.05, 3.63) is 80.0 Å². The van der Waals surface area contributed by atoms with Gasteiger partial charge < -0.3 is 9.73 Å². The second-order valence-electron chi connectivity index (χ2n) is 5.97. The maximum absolute atomic E-state index is 12.5.